The first-order chi connectivity index (χ1) is 22.0. The van der Waals surface area contributed by atoms with Crippen LogP contribution in [0.3, 0.4) is 0 Å². The maximum atomic E-state index is 14.3. The molecule has 0 aliphatic carbocycles. The van der Waals surface area contributed by atoms with Gasteiger partial charge in [0.15, 0.2) is 5.13 Å². The van der Waals surface area contributed by atoms with Gasteiger partial charge >= 0.3 is 12.1 Å². The number of hydrogen-bond acceptors (Lipinski definition) is 5. The molecule has 1 N–H and O–H groups in total. The van der Waals surface area contributed by atoms with Gasteiger partial charge in [-0.15, -0.1) is 11.3 Å². The molecule has 1 aromatic heterocycles. The molecule has 0 fully saturated rings. The Hall–Kier alpha value is -4.77. The molecule has 5 nitrogen and oxygen atoms in total. The Kier molecular flexibility index (Phi) is 10.3. The first-order valence-electron chi connectivity index (χ1n) is 14.4. The maximum absolute atomic E-state index is 14.3. The second-order valence-electron chi connectivity index (χ2n) is 10.6. The van der Waals surface area contributed by atoms with E-state index in [0.717, 1.165) is 28.8 Å². The zero-order valence-electron chi connectivity index (χ0n) is 24.4. The predicted molar refractivity (Wildman–Crippen MR) is 167 cm³/mol. The average molecular weight is 653 g/mol. The van der Waals surface area contributed by atoms with E-state index in [1.54, 1.807) is 18.2 Å². The minimum absolute atomic E-state index is 0.0984. The standard InChI is InChI=1S/C35H29F5N2O3S/c36-29-13-5-23(6-14-29)17-18-42(34-41-32(22-46-34)27-7-11-28(12-8-27)35(38,39)40)20-24-1-3-25(4-2-24)21-45-30-15-9-26(31(37)19-30)10-16-33(43)44/h1-9,11-15,19,22H,10,16-18,20-21H2,(H,43,44). The van der Waals surface area contributed by atoms with Gasteiger partial charge < -0.3 is 14.7 Å². The van der Waals surface area contributed by atoms with Gasteiger partial charge in [-0.25, -0.2) is 13.8 Å². The Bertz CT molecular complexity index is 1760. The number of alkyl halides is 3. The molecular weight excluding hydrogens is 623 g/mol. The molecule has 4 aromatic carbocycles. The first kappa shape index (κ1) is 32.6. The van der Waals surface area contributed by atoms with Gasteiger partial charge in [-0.1, -0.05) is 54.6 Å². The third kappa shape index (κ3) is 8.91. The van der Waals surface area contributed by atoms with Gasteiger partial charge in [0.05, 0.1) is 11.3 Å². The highest BCUT2D eigenvalue weighted by Crippen LogP contribution is 2.33. The van der Waals surface area contributed by atoms with Gasteiger partial charge in [0, 0.05) is 36.5 Å². The predicted octanol–water partition coefficient (Wildman–Crippen LogP) is 8.95. The summed E-state index contributed by atoms with van der Waals surface area (Å²) in [5.41, 5.74) is 3.52. The number of carboxylic acid groups (broad SMARTS) is 1. The number of thiazole rings is 1. The van der Waals surface area contributed by atoms with Crippen molar-refractivity contribution in [2.24, 2.45) is 0 Å². The summed E-state index contributed by atoms with van der Waals surface area (Å²) in [5, 5.41) is 11.3. The summed E-state index contributed by atoms with van der Waals surface area (Å²) in [6.07, 6.45) is -3.86. The number of aliphatic carboxylic acids is 1. The maximum Gasteiger partial charge on any atom is 0.416 e. The number of hydrogen-bond donors (Lipinski definition) is 1. The van der Waals surface area contributed by atoms with Gasteiger partial charge in [-0.05, 0) is 65.4 Å². The highest BCUT2D eigenvalue weighted by atomic mass is 32.1. The first-order valence-corrected chi connectivity index (χ1v) is 15.2. The molecule has 0 aliphatic rings. The van der Waals surface area contributed by atoms with Crippen molar-refractivity contribution in [3.05, 3.63) is 136 Å². The molecule has 5 rings (SSSR count). The topological polar surface area (TPSA) is 62.7 Å². The van der Waals surface area contributed by atoms with Crippen LogP contribution in [0.25, 0.3) is 11.3 Å². The number of carbonyl (C=O) groups is 1. The fourth-order valence-corrected chi connectivity index (χ4v) is 5.58. The molecule has 0 saturated carbocycles. The van der Waals surface area contributed by atoms with Crippen LogP contribution in [0.5, 0.6) is 5.75 Å². The van der Waals surface area contributed by atoms with Crippen LogP contribution in [0.15, 0.2) is 96.4 Å². The number of rotatable bonds is 13. The van der Waals surface area contributed by atoms with Crippen LogP contribution in [-0.2, 0) is 37.0 Å². The largest absolute Gasteiger partial charge is 0.489 e. The van der Waals surface area contributed by atoms with Crippen molar-refractivity contribution in [1.82, 2.24) is 4.98 Å². The lowest BCUT2D eigenvalue weighted by atomic mass is 10.1. The second-order valence-corrected chi connectivity index (χ2v) is 11.5. The highest BCUT2D eigenvalue weighted by Gasteiger charge is 2.30. The van der Waals surface area contributed by atoms with Gasteiger partial charge in [-0.2, -0.15) is 13.2 Å². The minimum atomic E-state index is -4.42. The van der Waals surface area contributed by atoms with Crippen LogP contribution >= 0.6 is 11.3 Å². The summed E-state index contributed by atoms with van der Waals surface area (Å²) in [6.45, 7) is 1.25. The van der Waals surface area contributed by atoms with E-state index in [1.807, 2.05) is 29.6 Å². The molecule has 11 heteroatoms. The van der Waals surface area contributed by atoms with Crippen molar-refractivity contribution in [3.63, 3.8) is 0 Å². The van der Waals surface area contributed by atoms with Crippen molar-refractivity contribution in [2.45, 2.75) is 38.6 Å². The number of carboxylic acids is 1. The quantitative estimate of drug-likeness (QED) is 0.129. The van der Waals surface area contributed by atoms with E-state index in [1.165, 1.54) is 47.7 Å². The second kappa shape index (κ2) is 14.6. The lowest BCUT2D eigenvalue weighted by molar-refractivity contribution is -0.138. The molecule has 0 atom stereocenters. The Balaban J connectivity index is 1.26. The van der Waals surface area contributed by atoms with Crippen LogP contribution in [0.4, 0.5) is 27.1 Å². The Morgan fingerprint density at radius 1 is 0.848 bits per heavy atom. The molecule has 5 aromatic rings. The average Bonchev–Trinajstić information content (AvgIpc) is 3.53. The van der Waals surface area contributed by atoms with Gasteiger partial charge in [0.2, 0.25) is 0 Å². The molecular formula is C35H29F5N2O3S. The monoisotopic (exact) mass is 652 g/mol. The van der Waals surface area contributed by atoms with E-state index in [-0.39, 0.29) is 25.3 Å². The van der Waals surface area contributed by atoms with Crippen LogP contribution < -0.4 is 9.64 Å². The van der Waals surface area contributed by atoms with Crippen molar-refractivity contribution in [1.29, 1.82) is 0 Å². The van der Waals surface area contributed by atoms with Crippen molar-refractivity contribution < 1.29 is 36.6 Å². The molecule has 46 heavy (non-hydrogen) atoms. The molecule has 0 bridgehead atoms. The number of halogens is 5. The minimum Gasteiger partial charge on any atom is -0.489 e. The summed E-state index contributed by atoms with van der Waals surface area (Å²) >= 11 is 1.39. The highest BCUT2D eigenvalue weighted by molar-refractivity contribution is 7.14. The number of ether oxygens (including phenoxy) is 1. The lowest BCUT2D eigenvalue weighted by Crippen LogP contribution is -2.25. The third-order valence-corrected chi connectivity index (χ3v) is 8.19. The van der Waals surface area contributed by atoms with E-state index in [0.29, 0.717) is 47.2 Å². The Labute approximate surface area is 266 Å². The molecule has 0 radical (unpaired) electrons. The zero-order valence-corrected chi connectivity index (χ0v) is 25.3. The fourth-order valence-electron chi connectivity index (χ4n) is 4.72. The molecule has 0 saturated heterocycles. The van der Waals surface area contributed by atoms with Crippen molar-refractivity contribution >= 4 is 22.4 Å². The van der Waals surface area contributed by atoms with Gasteiger partial charge in [-0.3, -0.25) is 4.79 Å². The molecule has 0 amide bonds. The lowest BCUT2D eigenvalue weighted by Gasteiger charge is -2.22. The molecule has 0 unspecified atom stereocenters. The van der Waals surface area contributed by atoms with Crippen molar-refractivity contribution in [2.75, 3.05) is 11.4 Å². The molecule has 238 valence electrons. The number of aryl methyl sites for hydroxylation is 1. The van der Waals surface area contributed by atoms with Crippen LogP contribution in [0.2, 0.25) is 0 Å². The zero-order chi connectivity index (χ0) is 32.7. The molecule has 0 spiro atoms. The smallest absolute Gasteiger partial charge is 0.416 e. The number of benzene rings is 4. The van der Waals surface area contributed by atoms with Crippen molar-refractivity contribution in [3.8, 4) is 17.0 Å². The molecule has 1 heterocycles. The fraction of sp³-hybridized carbons (Fsp3) is 0.200. The number of nitrogens with zero attached hydrogens (tertiary/aromatic N) is 2. The summed E-state index contributed by atoms with van der Waals surface area (Å²) in [6, 6.07) is 23.3. The van der Waals surface area contributed by atoms with E-state index >= 15 is 0 Å². The number of anilines is 1. The summed E-state index contributed by atoms with van der Waals surface area (Å²) in [7, 11) is 0. The van der Waals surface area contributed by atoms with Crippen LogP contribution in [-0.4, -0.2) is 22.6 Å². The Morgan fingerprint density at radius 2 is 1.52 bits per heavy atom. The molecule has 0 aliphatic heterocycles. The summed E-state index contributed by atoms with van der Waals surface area (Å²) in [5.74, 6) is -1.49. The SMILES string of the molecule is O=C(O)CCc1ccc(OCc2ccc(CN(CCc3ccc(F)cc3)c3nc(-c4ccc(C(F)(F)F)cc4)cs3)cc2)cc1F. The van der Waals surface area contributed by atoms with E-state index in [2.05, 4.69) is 4.90 Å². The number of aromatic nitrogens is 1. The third-order valence-electron chi connectivity index (χ3n) is 7.29. The summed E-state index contributed by atoms with van der Waals surface area (Å²) in [4.78, 5) is 17.6. The van der Waals surface area contributed by atoms with Gasteiger partial charge in [0.1, 0.15) is 24.0 Å². The van der Waals surface area contributed by atoms with E-state index < -0.39 is 23.5 Å². The van der Waals surface area contributed by atoms with E-state index in [4.69, 9.17) is 14.8 Å². The Morgan fingerprint density at radius 3 is 2.17 bits per heavy atom. The van der Waals surface area contributed by atoms with Crippen LogP contribution in [0, 0.1) is 11.6 Å². The van der Waals surface area contributed by atoms with Gasteiger partial charge in [0.25, 0.3) is 0 Å². The van der Waals surface area contributed by atoms with E-state index in [9.17, 15) is 26.7 Å². The van der Waals surface area contributed by atoms with Crippen LogP contribution in [0.1, 0.15) is 34.2 Å². The summed E-state index contributed by atoms with van der Waals surface area (Å²) < 4.78 is 72.6. The normalized spacial score (nSPS) is 11.4.